The molecule has 1 saturated heterocycles. The van der Waals surface area contributed by atoms with Gasteiger partial charge in [0, 0.05) is 0 Å². The second-order valence-corrected chi connectivity index (χ2v) is 9.76. The zero-order valence-electron chi connectivity index (χ0n) is 17.5. The highest BCUT2D eigenvalue weighted by Crippen LogP contribution is 2.36. The number of carbonyl (C=O) groups excluding carboxylic acids is 2. The van der Waals surface area contributed by atoms with Crippen LogP contribution in [-0.2, 0) is 4.79 Å². The highest BCUT2D eigenvalue weighted by Gasteiger charge is 2.34. The Morgan fingerprint density at radius 3 is 2.27 bits per heavy atom. The van der Waals surface area contributed by atoms with Crippen molar-refractivity contribution in [2.24, 2.45) is 0 Å². The molecule has 0 atom stereocenters. The Balaban J connectivity index is 1.52. The SMILES string of the molecule is Cc1ccc(C(=O)NN2C(=O)/C(=C\c3c4ccccc4cc4ccccc34)SC2=S)c(Cl)c1. The molecule has 0 radical (unpaired) electrons. The average molecular weight is 489 g/mol. The first-order valence-corrected chi connectivity index (χ1v) is 11.8. The molecule has 4 aromatic rings. The van der Waals surface area contributed by atoms with E-state index in [2.05, 4.69) is 23.6 Å². The van der Waals surface area contributed by atoms with Gasteiger partial charge in [0.05, 0.1) is 15.5 Å². The number of benzene rings is 4. The molecule has 7 heteroatoms. The van der Waals surface area contributed by atoms with E-state index in [4.69, 9.17) is 23.8 Å². The first-order valence-electron chi connectivity index (χ1n) is 10.2. The van der Waals surface area contributed by atoms with Crippen molar-refractivity contribution < 1.29 is 9.59 Å². The van der Waals surface area contributed by atoms with Gasteiger partial charge in [-0.05, 0) is 76.1 Å². The molecule has 4 nitrogen and oxygen atoms in total. The molecular weight excluding hydrogens is 472 g/mol. The van der Waals surface area contributed by atoms with Crippen LogP contribution in [0.25, 0.3) is 27.6 Å². The summed E-state index contributed by atoms with van der Waals surface area (Å²) in [5.74, 6) is -0.869. The van der Waals surface area contributed by atoms with Crippen LogP contribution in [0.3, 0.4) is 0 Å². The summed E-state index contributed by atoms with van der Waals surface area (Å²) in [6, 6.07) is 23.4. The maximum Gasteiger partial charge on any atom is 0.285 e. The predicted molar refractivity (Wildman–Crippen MR) is 140 cm³/mol. The van der Waals surface area contributed by atoms with Crippen molar-refractivity contribution in [2.45, 2.75) is 6.92 Å². The van der Waals surface area contributed by atoms with Crippen LogP contribution in [0.2, 0.25) is 5.02 Å². The van der Waals surface area contributed by atoms with Gasteiger partial charge in [-0.2, -0.15) is 5.01 Å². The number of thiocarbonyl (C=S) groups is 1. The van der Waals surface area contributed by atoms with Crippen molar-refractivity contribution in [3.63, 3.8) is 0 Å². The van der Waals surface area contributed by atoms with Crippen LogP contribution in [0.15, 0.2) is 77.7 Å². The number of thioether (sulfide) groups is 1. The van der Waals surface area contributed by atoms with Crippen molar-refractivity contribution >= 4 is 79.3 Å². The Hall–Kier alpha value is -3.19. The Labute approximate surface area is 205 Å². The zero-order chi connectivity index (χ0) is 23.1. The Bertz CT molecular complexity index is 1460. The molecule has 4 aromatic carbocycles. The van der Waals surface area contributed by atoms with Crippen molar-refractivity contribution in [3.8, 4) is 0 Å². The van der Waals surface area contributed by atoms with E-state index in [1.807, 2.05) is 49.4 Å². The maximum atomic E-state index is 13.2. The molecule has 0 aromatic heterocycles. The number of aryl methyl sites for hydroxylation is 1. The lowest BCUT2D eigenvalue weighted by atomic mass is 9.96. The van der Waals surface area contributed by atoms with E-state index >= 15 is 0 Å². The number of hydrogen-bond acceptors (Lipinski definition) is 4. The van der Waals surface area contributed by atoms with Crippen LogP contribution >= 0.6 is 35.6 Å². The van der Waals surface area contributed by atoms with Crippen LogP contribution in [-0.4, -0.2) is 21.1 Å². The summed E-state index contributed by atoms with van der Waals surface area (Å²) in [6.07, 6.45) is 1.86. The first kappa shape index (κ1) is 21.6. The van der Waals surface area contributed by atoms with Gasteiger partial charge in [0.25, 0.3) is 11.8 Å². The van der Waals surface area contributed by atoms with Crippen LogP contribution in [0.1, 0.15) is 21.5 Å². The molecule has 33 heavy (non-hydrogen) atoms. The third-order valence-electron chi connectivity index (χ3n) is 5.46. The van der Waals surface area contributed by atoms with Gasteiger partial charge in [-0.3, -0.25) is 15.0 Å². The van der Waals surface area contributed by atoms with Gasteiger partial charge >= 0.3 is 0 Å². The summed E-state index contributed by atoms with van der Waals surface area (Å²) in [5, 5.41) is 5.67. The standard InChI is InChI=1S/C26H17ClN2O2S2/c1-15-10-11-20(22(27)12-15)24(30)28-29-25(31)23(33-26(29)32)14-21-18-8-4-2-6-16(18)13-17-7-3-5-9-19(17)21/h2-14H,1H3,(H,28,30)/b23-14+. The largest absolute Gasteiger partial charge is 0.285 e. The molecule has 1 fully saturated rings. The minimum Gasteiger partial charge on any atom is -0.267 e. The van der Waals surface area contributed by atoms with Crippen LogP contribution in [0.4, 0.5) is 0 Å². The Morgan fingerprint density at radius 2 is 1.64 bits per heavy atom. The molecule has 1 N–H and O–H groups in total. The summed E-state index contributed by atoms with van der Waals surface area (Å²) in [7, 11) is 0. The molecule has 0 spiro atoms. The number of halogens is 1. The summed E-state index contributed by atoms with van der Waals surface area (Å²) in [5.41, 5.74) is 4.76. The number of nitrogens with one attached hydrogen (secondary N) is 1. The second kappa shape index (κ2) is 8.63. The topological polar surface area (TPSA) is 49.4 Å². The smallest absolute Gasteiger partial charge is 0.267 e. The second-order valence-electron chi connectivity index (χ2n) is 7.67. The maximum absolute atomic E-state index is 13.2. The Morgan fingerprint density at radius 1 is 1.00 bits per heavy atom. The lowest BCUT2D eigenvalue weighted by Crippen LogP contribution is -2.44. The lowest BCUT2D eigenvalue weighted by Gasteiger charge is -2.16. The normalized spacial score (nSPS) is 15.1. The molecule has 0 bridgehead atoms. The van der Waals surface area contributed by atoms with Crippen LogP contribution in [0.5, 0.6) is 0 Å². The number of nitrogens with zero attached hydrogens (tertiary/aromatic N) is 1. The molecule has 0 saturated carbocycles. The van der Waals surface area contributed by atoms with Gasteiger partial charge in [-0.25, -0.2) is 0 Å². The summed E-state index contributed by atoms with van der Waals surface area (Å²) >= 11 is 12.8. The van der Waals surface area contributed by atoms with Gasteiger partial charge in [-0.1, -0.05) is 78.0 Å². The Kier molecular flexibility index (Phi) is 5.66. The molecule has 0 unspecified atom stereocenters. The van der Waals surface area contributed by atoms with E-state index in [9.17, 15) is 9.59 Å². The van der Waals surface area contributed by atoms with Gasteiger partial charge in [0.2, 0.25) is 0 Å². The van der Waals surface area contributed by atoms with E-state index in [-0.39, 0.29) is 15.8 Å². The number of fused-ring (bicyclic) bond motifs is 2. The quantitative estimate of drug-likeness (QED) is 0.203. The molecule has 5 rings (SSSR count). The van der Waals surface area contributed by atoms with Gasteiger partial charge in [0.1, 0.15) is 0 Å². The molecule has 1 aliphatic rings. The zero-order valence-corrected chi connectivity index (χ0v) is 19.9. The van der Waals surface area contributed by atoms with Crippen molar-refractivity contribution in [1.82, 2.24) is 10.4 Å². The van der Waals surface area contributed by atoms with E-state index in [1.54, 1.807) is 18.2 Å². The number of carbonyl (C=O) groups is 2. The van der Waals surface area contributed by atoms with Crippen molar-refractivity contribution in [2.75, 3.05) is 0 Å². The van der Waals surface area contributed by atoms with E-state index < -0.39 is 5.91 Å². The van der Waals surface area contributed by atoms with E-state index in [0.717, 1.165) is 49.4 Å². The fourth-order valence-corrected chi connectivity index (χ4v) is 5.35. The minimum absolute atomic E-state index is 0.257. The molecular formula is C26H17ClN2O2S2. The minimum atomic E-state index is -0.492. The summed E-state index contributed by atoms with van der Waals surface area (Å²) in [4.78, 5) is 26.4. The molecule has 0 aliphatic carbocycles. The summed E-state index contributed by atoms with van der Waals surface area (Å²) < 4.78 is 0.257. The third kappa shape index (κ3) is 4.02. The number of hydrazine groups is 1. The molecule has 162 valence electrons. The predicted octanol–water partition coefficient (Wildman–Crippen LogP) is 6.50. The molecule has 1 aliphatic heterocycles. The average Bonchev–Trinajstić information content (AvgIpc) is 3.06. The lowest BCUT2D eigenvalue weighted by molar-refractivity contribution is -0.123. The van der Waals surface area contributed by atoms with Crippen LogP contribution < -0.4 is 5.43 Å². The van der Waals surface area contributed by atoms with Crippen LogP contribution in [0, 0.1) is 6.92 Å². The van der Waals surface area contributed by atoms with Gasteiger partial charge in [-0.15, -0.1) is 0 Å². The highest BCUT2D eigenvalue weighted by molar-refractivity contribution is 8.26. The third-order valence-corrected chi connectivity index (χ3v) is 7.08. The van der Waals surface area contributed by atoms with Gasteiger partial charge < -0.3 is 0 Å². The number of amides is 2. The number of rotatable bonds is 3. The molecule has 2 amide bonds. The highest BCUT2D eigenvalue weighted by atomic mass is 35.5. The fraction of sp³-hybridized carbons (Fsp3) is 0.0385. The van der Waals surface area contributed by atoms with Crippen molar-refractivity contribution in [3.05, 3.63) is 99.4 Å². The van der Waals surface area contributed by atoms with Crippen molar-refractivity contribution in [1.29, 1.82) is 0 Å². The van der Waals surface area contributed by atoms with E-state index in [0.29, 0.717) is 9.93 Å². The summed E-state index contributed by atoms with van der Waals surface area (Å²) in [6.45, 7) is 1.89. The monoisotopic (exact) mass is 488 g/mol. The fourth-order valence-electron chi connectivity index (χ4n) is 3.87. The van der Waals surface area contributed by atoms with Gasteiger partial charge in [0.15, 0.2) is 4.32 Å². The molecule has 1 heterocycles. The first-order chi connectivity index (χ1) is 15.9. The number of hydrogen-bond donors (Lipinski definition) is 1. The van der Waals surface area contributed by atoms with E-state index in [1.165, 1.54) is 0 Å².